The average molecular weight is 1500 g/mol. The molecule has 116 heavy (non-hydrogen) atoms. The van der Waals surface area contributed by atoms with Crippen LogP contribution in [0.3, 0.4) is 0 Å². The Morgan fingerprint density at radius 2 is 0.457 bits per heavy atom. The molecule has 0 N–H and O–H groups in total. The SMILES string of the molecule is N#Cc1cccc(-c2ccc(-n3c4ccc(-c5nc(-c6ccccc6)nc(-c6ccccc6)n5)cc4c4cc(-c5nc(-c6ccccc6)nc(-c6ccccc6)n5)ccc43)c(C(F)(F)F)c2-n2c3ccc(-c4nc(-c5ccccc5)nc(-c5ccccc5)n4)cc3c3cc(-c4nc(-c5ccccc5)nc(-c5ccccc5)n4)ccc32)c1. The van der Waals surface area contributed by atoms with Gasteiger partial charge in [-0.1, -0.05) is 261 Å². The summed E-state index contributed by atoms with van der Waals surface area (Å²) in [6.07, 6.45) is -5.14. The summed E-state index contributed by atoms with van der Waals surface area (Å²) < 4.78 is 58.4. The van der Waals surface area contributed by atoms with E-state index in [0.717, 1.165) is 44.5 Å². The highest BCUT2D eigenvalue weighted by atomic mass is 19.4. The lowest BCUT2D eigenvalue weighted by molar-refractivity contribution is -0.137. The molecule has 14 aromatic carbocycles. The molecule has 0 spiro atoms. The van der Waals surface area contributed by atoms with Gasteiger partial charge in [-0.25, -0.2) is 59.8 Å². The predicted octanol–water partition coefficient (Wildman–Crippen LogP) is 23.2. The molecule has 0 amide bonds. The molecule has 0 unspecified atom stereocenters. The number of benzene rings is 14. The summed E-state index contributed by atoms with van der Waals surface area (Å²) in [6.45, 7) is 0. The van der Waals surface area contributed by atoms with Crippen molar-refractivity contribution < 1.29 is 13.2 Å². The van der Waals surface area contributed by atoms with Gasteiger partial charge in [0.25, 0.3) is 0 Å². The minimum absolute atomic E-state index is 0.182. The molecule has 0 aliphatic carbocycles. The third kappa shape index (κ3) is 12.9. The Morgan fingerprint density at radius 1 is 0.224 bits per heavy atom. The Kier molecular flexibility index (Phi) is 17.3. The summed E-state index contributed by atoms with van der Waals surface area (Å²) in [6, 6.07) is 112. The van der Waals surface area contributed by atoms with E-state index >= 15 is 13.2 Å². The van der Waals surface area contributed by atoms with Gasteiger partial charge in [-0.15, -0.1) is 0 Å². The number of fused-ring (bicyclic) bond motifs is 6. The third-order valence-electron chi connectivity index (χ3n) is 20.6. The van der Waals surface area contributed by atoms with E-state index in [4.69, 9.17) is 59.8 Å². The van der Waals surface area contributed by atoms with Gasteiger partial charge in [0.15, 0.2) is 69.9 Å². The molecule has 0 fully saturated rings. The highest BCUT2D eigenvalue weighted by molar-refractivity contribution is 6.14. The van der Waals surface area contributed by atoms with E-state index < -0.39 is 11.7 Å². The van der Waals surface area contributed by atoms with Crippen LogP contribution in [-0.4, -0.2) is 68.9 Å². The second-order valence-corrected chi connectivity index (χ2v) is 27.8. The van der Waals surface area contributed by atoms with Crippen LogP contribution in [0.2, 0.25) is 0 Å². The number of alkyl halides is 3. The summed E-state index contributed by atoms with van der Waals surface area (Å²) in [5.41, 5.74) is 9.32. The summed E-state index contributed by atoms with van der Waals surface area (Å²) >= 11 is 0. The minimum atomic E-state index is -5.14. The molecule has 0 saturated heterocycles. The van der Waals surface area contributed by atoms with Crippen LogP contribution >= 0.6 is 0 Å². The average Bonchev–Trinajstić information content (AvgIpc) is 1.52. The number of nitrogens with zero attached hydrogens (tertiary/aromatic N) is 15. The van der Waals surface area contributed by atoms with Crippen LogP contribution in [0.1, 0.15) is 11.1 Å². The molecule has 0 radical (unpaired) electrons. The molecule has 6 heterocycles. The highest BCUT2D eigenvalue weighted by Gasteiger charge is 2.41. The molecule has 0 atom stereocenters. The van der Waals surface area contributed by atoms with Gasteiger partial charge < -0.3 is 9.13 Å². The van der Waals surface area contributed by atoms with E-state index in [-0.39, 0.29) is 22.5 Å². The van der Waals surface area contributed by atoms with Gasteiger partial charge in [-0.2, -0.15) is 18.4 Å². The largest absolute Gasteiger partial charge is 0.420 e. The van der Waals surface area contributed by atoms with Crippen LogP contribution in [0.15, 0.2) is 352 Å². The van der Waals surface area contributed by atoms with E-state index in [2.05, 4.69) is 6.07 Å². The first-order valence-corrected chi connectivity index (χ1v) is 37.5. The maximum Gasteiger partial charge on any atom is 0.420 e. The van der Waals surface area contributed by atoms with Gasteiger partial charge in [-0.3, -0.25) is 0 Å². The van der Waals surface area contributed by atoms with E-state index in [1.54, 1.807) is 39.5 Å². The summed E-state index contributed by atoms with van der Waals surface area (Å²) in [7, 11) is 0. The maximum absolute atomic E-state index is 18.3. The summed E-state index contributed by atoms with van der Waals surface area (Å²) in [5, 5.41) is 12.8. The van der Waals surface area contributed by atoms with Crippen molar-refractivity contribution in [2.24, 2.45) is 0 Å². The maximum atomic E-state index is 18.3. The van der Waals surface area contributed by atoms with Crippen molar-refractivity contribution in [3.8, 4) is 165 Å². The molecule has 0 aliphatic rings. The lowest BCUT2D eigenvalue weighted by Gasteiger charge is -2.24. The highest BCUT2D eigenvalue weighted by Crippen LogP contribution is 2.50. The third-order valence-corrected chi connectivity index (χ3v) is 20.6. The van der Waals surface area contributed by atoms with E-state index in [1.165, 1.54) is 6.07 Å². The van der Waals surface area contributed by atoms with E-state index in [9.17, 15) is 5.26 Å². The second kappa shape index (κ2) is 29.0. The minimum Gasteiger partial charge on any atom is -0.309 e. The Balaban J connectivity index is 0.872. The lowest BCUT2D eigenvalue weighted by Crippen LogP contribution is -2.17. The van der Waals surface area contributed by atoms with Crippen LogP contribution in [0.25, 0.3) is 203 Å². The van der Waals surface area contributed by atoms with E-state index in [1.807, 2.05) is 315 Å². The molecule has 6 aromatic heterocycles. The summed E-state index contributed by atoms with van der Waals surface area (Å²) in [5.74, 6) is 4.72. The molecule has 15 nitrogen and oxygen atoms in total. The van der Waals surface area contributed by atoms with E-state index in [0.29, 0.717) is 141 Å². The van der Waals surface area contributed by atoms with Crippen molar-refractivity contribution in [3.05, 3.63) is 363 Å². The monoisotopic (exact) mass is 1500 g/mol. The van der Waals surface area contributed by atoms with Crippen LogP contribution in [0, 0.1) is 11.3 Å². The normalized spacial score (nSPS) is 11.6. The molecule has 20 aromatic rings. The van der Waals surface area contributed by atoms with Gasteiger partial charge in [-0.05, 0) is 96.6 Å². The smallest absolute Gasteiger partial charge is 0.309 e. The van der Waals surface area contributed by atoms with Gasteiger partial charge in [0.1, 0.15) is 5.56 Å². The van der Waals surface area contributed by atoms with Crippen molar-refractivity contribution in [1.29, 1.82) is 5.26 Å². The predicted molar refractivity (Wildman–Crippen MR) is 449 cm³/mol. The number of halogens is 3. The molecule has 546 valence electrons. The Bertz CT molecular complexity index is 6640. The molecular weight excluding hydrogens is 1440 g/mol. The topological polar surface area (TPSA) is 188 Å². The van der Waals surface area contributed by atoms with Crippen LogP contribution in [-0.2, 0) is 6.18 Å². The number of nitriles is 1. The first-order chi connectivity index (χ1) is 57.0. The van der Waals surface area contributed by atoms with Crippen molar-refractivity contribution in [2.75, 3.05) is 0 Å². The van der Waals surface area contributed by atoms with Crippen molar-refractivity contribution in [2.45, 2.75) is 6.18 Å². The quantitative estimate of drug-likeness (QED) is 0.0944. The van der Waals surface area contributed by atoms with Crippen LogP contribution in [0.4, 0.5) is 13.2 Å². The fourth-order valence-electron chi connectivity index (χ4n) is 15.1. The van der Waals surface area contributed by atoms with Gasteiger partial charge in [0, 0.05) is 93.9 Å². The standard InChI is InChI=1S/C98H58F3N15/c99-98(100,101)84-83(115-79-49-44-70(94-107-86(61-27-9-1-10-28-61)103-87(108-94)62-29-11-2-12-30-62)55-75(79)76-56-71(45-50-80(76)115)95-109-88(63-31-13-3-14-32-63)104-89(110-95)64-33-15-4-16-34-64)53-48-74(69-43-25-26-60(54-69)59-102)85(84)116-81-51-46-72(96-111-90(65-35-17-5-18-36-65)105-91(112-96)66-37-19-6-20-38-66)57-77(81)78-58-73(47-52-82(78)116)97-113-92(67-39-21-7-22-40-67)106-93(114-97)68-41-23-8-24-42-68/h1-58H. The zero-order chi connectivity index (χ0) is 77.8. The van der Waals surface area contributed by atoms with Gasteiger partial charge >= 0.3 is 6.18 Å². The zero-order valence-electron chi connectivity index (χ0n) is 61.3. The van der Waals surface area contributed by atoms with Crippen LogP contribution in [0.5, 0.6) is 0 Å². The Morgan fingerprint density at radius 3 is 0.698 bits per heavy atom. The Hall–Kier alpha value is -16.0. The van der Waals surface area contributed by atoms with Crippen molar-refractivity contribution >= 4 is 43.6 Å². The Labute approximate surface area is 661 Å². The first kappa shape index (κ1) is 69.2. The first-order valence-electron chi connectivity index (χ1n) is 37.5. The molecule has 0 aliphatic heterocycles. The van der Waals surface area contributed by atoms with Crippen molar-refractivity contribution in [1.82, 2.24) is 68.9 Å². The van der Waals surface area contributed by atoms with Gasteiger partial charge in [0.05, 0.1) is 45.1 Å². The fraction of sp³-hybridized carbons (Fsp3) is 0.0102. The molecule has 18 heteroatoms. The zero-order valence-corrected chi connectivity index (χ0v) is 61.3. The molecule has 20 rings (SSSR count). The number of hydrogen-bond acceptors (Lipinski definition) is 13. The van der Waals surface area contributed by atoms with Gasteiger partial charge in [0.2, 0.25) is 0 Å². The fourth-order valence-corrected chi connectivity index (χ4v) is 15.1. The number of hydrogen-bond donors (Lipinski definition) is 0. The molecular formula is C98H58F3N15. The van der Waals surface area contributed by atoms with Crippen LogP contribution < -0.4 is 0 Å². The number of rotatable bonds is 15. The molecule has 0 bridgehead atoms. The lowest BCUT2D eigenvalue weighted by atomic mass is 9.96. The number of aromatic nitrogens is 14. The summed E-state index contributed by atoms with van der Waals surface area (Å²) in [4.78, 5) is 61.2. The van der Waals surface area contributed by atoms with Crippen molar-refractivity contribution in [3.63, 3.8) is 0 Å². The molecule has 0 saturated carbocycles. The second-order valence-electron chi connectivity index (χ2n) is 27.8.